The molecule has 26 heavy (non-hydrogen) atoms. The average Bonchev–Trinajstić information content (AvgIpc) is 3.37. The van der Waals surface area contributed by atoms with Gasteiger partial charge in [0.15, 0.2) is 0 Å². The Morgan fingerprint density at radius 3 is 2.88 bits per heavy atom. The molecule has 1 aliphatic heterocycles. The minimum Gasteiger partial charge on any atom is -0.357 e. The number of benzene rings is 1. The lowest BCUT2D eigenvalue weighted by Gasteiger charge is -2.18. The van der Waals surface area contributed by atoms with Gasteiger partial charge in [-0.05, 0) is 31.0 Å². The summed E-state index contributed by atoms with van der Waals surface area (Å²) in [6.07, 6.45) is 2.77. The molecule has 0 bridgehead atoms. The Morgan fingerprint density at radius 2 is 2.12 bits per heavy atom. The Hall–Kier alpha value is -2.86. The maximum absolute atomic E-state index is 12.4. The van der Waals surface area contributed by atoms with Gasteiger partial charge in [-0.15, -0.1) is 0 Å². The highest BCUT2D eigenvalue weighted by Gasteiger charge is 2.27. The lowest BCUT2D eigenvalue weighted by molar-refractivity contribution is 0.102. The number of hydrogen-bond acceptors (Lipinski definition) is 3. The van der Waals surface area contributed by atoms with Crippen molar-refractivity contribution in [3.05, 3.63) is 71.7 Å². The van der Waals surface area contributed by atoms with E-state index in [2.05, 4.69) is 44.6 Å². The van der Waals surface area contributed by atoms with E-state index in [-0.39, 0.29) is 11.9 Å². The summed E-state index contributed by atoms with van der Waals surface area (Å²) in [5.74, 6) is 0.615. The van der Waals surface area contributed by atoms with E-state index in [0.717, 1.165) is 37.6 Å². The van der Waals surface area contributed by atoms with Crippen molar-refractivity contribution in [1.82, 2.24) is 19.7 Å². The van der Waals surface area contributed by atoms with Gasteiger partial charge in [0.2, 0.25) is 0 Å². The summed E-state index contributed by atoms with van der Waals surface area (Å²) in [6, 6.07) is 16.3. The molecular weight excluding hydrogens is 326 g/mol. The number of amides is 1. The van der Waals surface area contributed by atoms with E-state index in [1.54, 1.807) is 12.3 Å². The van der Waals surface area contributed by atoms with Crippen molar-refractivity contribution < 1.29 is 4.79 Å². The number of aromatic nitrogens is 3. The third kappa shape index (κ3) is 3.55. The normalized spacial score (nSPS) is 17.5. The molecule has 6 nitrogen and oxygen atoms in total. The quantitative estimate of drug-likeness (QED) is 0.743. The van der Waals surface area contributed by atoms with Gasteiger partial charge in [0.1, 0.15) is 11.5 Å². The fourth-order valence-corrected chi connectivity index (χ4v) is 3.54. The zero-order valence-corrected chi connectivity index (χ0v) is 14.9. The van der Waals surface area contributed by atoms with Crippen molar-refractivity contribution in [2.75, 3.05) is 18.4 Å². The van der Waals surface area contributed by atoms with Crippen LogP contribution in [0.1, 0.15) is 34.2 Å². The Balaban J connectivity index is 1.46. The molecule has 0 aliphatic carbocycles. The average molecular weight is 349 g/mol. The second-order valence-corrected chi connectivity index (χ2v) is 6.82. The number of carbonyl (C=O) groups excluding carboxylic acids is 1. The number of anilines is 1. The summed E-state index contributed by atoms with van der Waals surface area (Å²) in [5, 5.41) is 7.62. The number of rotatable bonds is 5. The van der Waals surface area contributed by atoms with E-state index in [1.807, 2.05) is 29.8 Å². The maximum Gasteiger partial charge on any atom is 0.273 e. The van der Waals surface area contributed by atoms with Gasteiger partial charge in [0, 0.05) is 31.9 Å². The highest BCUT2D eigenvalue weighted by Crippen LogP contribution is 2.27. The molecule has 2 N–H and O–H groups in total. The molecule has 0 unspecified atom stereocenters. The molecule has 6 heteroatoms. The lowest BCUT2D eigenvalue weighted by Crippen LogP contribution is -2.23. The van der Waals surface area contributed by atoms with Gasteiger partial charge >= 0.3 is 0 Å². The molecule has 0 radical (unpaired) electrons. The standard InChI is InChI=1S/C20H23N5O/c1-15-12-19(22-20(26)18-8-5-10-21-18)25(23-15)17-9-11-24(14-17)13-16-6-3-2-4-7-16/h2-8,10,12,17,21H,9,11,13-14H2,1H3,(H,22,26)/t17-/m1/s1. The number of carbonyl (C=O) groups is 1. The van der Waals surface area contributed by atoms with E-state index < -0.39 is 0 Å². The summed E-state index contributed by atoms with van der Waals surface area (Å²) in [6.45, 7) is 4.86. The summed E-state index contributed by atoms with van der Waals surface area (Å²) >= 11 is 0. The molecule has 2 aromatic heterocycles. The zero-order valence-electron chi connectivity index (χ0n) is 14.9. The molecule has 1 aromatic carbocycles. The highest BCUT2D eigenvalue weighted by atomic mass is 16.2. The third-order valence-electron chi connectivity index (χ3n) is 4.78. The van der Waals surface area contributed by atoms with Crippen LogP contribution in [-0.4, -0.2) is 38.7 Å². The summed E-state index contributed by atoms with van der Waals surface area (Å²) in [5.41, 5.74) is 2.78. The second kappa shape index (κ2) is 7.17. The first-order chi connectivity index (χ1) is 12.7. The van der Waals surface area contributed by atoms with Crippen molar-refractivity contribution in [2.45, 2.75) is 25.9 Å². The number of aromatic amines is 1. The largest absolute Gasteiger partial charge is 0.357 e. The maximum atomic E-state index is 12.4. The molecule has 1 saturated heterocycles. The molecule has 134 valence electrons. The predicted molar refractivity (Wildman–Crippen MR) is 101 cm³/mol. The van der Waals surface area contributed by atoms with Gasteiger partial charge in [0.05, 0.1) is 11.7 Å². The molecule has 1 atom stereocenters. The van der Waals surface area contributed by atoms with Crippen LogP contribution < -0.4 is 5.32 Å². The van der Waals surface area contributed by atoms with Crippen LogP contribution in [0.4, 0.5) is 5.82 Å². The third-order valence-corrected chi connectivity index (χ3v) is 4.78. The van der Waals surface area contributed by atoms with E-state index in [4.69, 9.17) is 0 Å². The van der Waals surface area contributed by atoms with Crippen LogP contribution in [0.5, 0.6) is 0 Å². The number of nitrogens with zero attached hydrogens (tertiary/aromatic N) is 3. The van der Waals surface area contributed by atoms with Gasteiger partial charge in [0.25, 0.3) is 5.91 Å². The lowest BCUT2D eigenvalue weighted by atomic mass is 10.2. The van der Waals surface area contributed by atoms with E-state index in [1.165, 1.54) is 5.56 Å². The molecular formula is C20H23N5O. The van der Waals surface area contributed by atoms with Gasteiger partial charge in [-0.2, -0.15) is 5.10 Å². The summed E-state index contributed by atoms with van der Waals surface area (Å²) < 4.78 is 1.97. The first-order valence-electron chi connectivity index (χ1n) is 8.96. The fourth-order valence-electron chi connectivity index (χ4n) is 3.54. The van der Waals surface area contributed by atoms with Gasteiger partial charge < -0.3 is 10.3 Å². The van der Waals surface area contributed by atoms with Crippen LogP contribution >= 0.6 is 0 Å². The number of aryl methyl sites for hydroxylation is 1. The molecule has 3 heterocycles. The Labute approximate surface area is 152 Å². The Bertz CT molecular complexity index is 869. The van der Waals surface area contributed by atoms with Crippen molar-refractivity contribution in [2.24, 2.45) is 0 Å². The van der Waals surface area contributed by atoms with Crippen molar-refractivity contribution >= 4 is 11.7 Å². The molecule has 1 aliphatic rings. The fraction of sp³-hybridized carbons (Fsp3) is 0.300. The Kier molecular flexibility index (Phi) is 4.58. The van der Waals surface area contributed by atoms with Crippen LogP contribution in [-0.2, 0) is 6.54 Å². The van der Waals surface area contributed by atoms with E-state index in [0.29, 0.717) is 5.69 Å². The van der Waals surface area contributed by atoms with Crippen molar-refractivity contribution in [1.29, 1.82) is 0 Å². The molecule has 4 rings (SSSR count). The van der Waals surface area contributed by atoms with Gasteiger partial charge in [-0.1, -0.05) is 30.3 Å². The zero-order chi connectivity index (χ0) is 17.9. The van der Waals surface area contributed by atoms with Crippen LogP contribution in [0.15, 0.2) is 54.7 Å². The number of H-pyrrole nitrogens is 1. The molecule has 1 fully saturated rings. The SMILES string of the molecule is Cc1cc(NC(=O)c2ccc[nH]2)n([C@@H]2CCN(Cc3ccccc3)C2)n1. The summed E-state index contributed by atoms with van der Waals surface area (Å²) in [4.78, 5) is 17.7. The topological polar surface area (TPSA) is 66.0 Å². The van der Waals surface area contributed by atoms with Crippen LogP contribution in [0.2, 0.25) is 0 Å². The highest BCUT2D eigenvalue weighted by molar-refractivity contribution is 6.02. The smallest absolute Gasteiger partial charge is 0.273 e. The molecule has 3 aromatic rings. The van der Waals surface area contributed by atoms with Crippen molar-refractivity contribution in [3.63, 3.8) is 0 Å². The van der Waals surface area contributed by atoms with Crippen molar-refractivity contribution in [3.8, 4) is 0 Å². The second-order valence-electron chi connectivity index (χ2n) is 6.82. The first kappa shape index (κ1) is 16.6. The van der Waals surface area contributed by atoms with Crippen LogP contribution in [0.25, 0.3) is 0 Å². The number of likely N-dealkylation sites (tertiary alicyclic amines) is 1. The van der Waals surface area contributed by atoms with E-state index >= 15 is 0 Å². The minimum absolute atomic E-state index is 0.143. The van der Waals surface area contributed by atoms with Gasteiger partial charge in [-0.25, -0.2) is 4.68 Å². The monoisotopic (exact) mass is 349 g/mol. The predicted octanol–water partition coefficient (Wildman–Crippen LogP) is 3.22. The summed E-state index contributed by atoms with van der Waals surface area (Å²) in [7, 11) is 0. The van der Waals surface area contributed by atoms with E-state index in [9.17, 15) is 4.79 Å². The van der Waals surface area contributed by atoms with Crippen LogP contribution in [0, 0.1) is 6.92 Å². The number of hydrogen-bond donors (Lipinski definition) is 2. The first-order valence-corrected chi connectivity index (χ1v) is 8.96. The molecule has 1 amide bonds. The number of nitrogens with one attached hydrogen (secondary N) is 2. The molecule has 0 spiro atoms. The van der Waals surface area contributed by atoms with Gasteiger partial charge in [-0.3, -0.25) is 9.69 Å². The Morgan fingerprint density at radius 1 is 1.27 bits per heavy atom. The van der Waals surface area contributed by atoms with Crippen LogP contribution in [0.3, 0.4) is 0 Å². The minimum atomic E-state index is -0.143. The molecule has 0 saturated carbocycles.